The molecule has 2 unspecified atom stereocenters. The van der Waals surface area contributed by atoms with E-state index in [2.05, 4.69) is 35.0 Å². The summed E-state index contributed by atoms with van der Waals surface area (Å²) in [5.74, 6) is -0.829. The van der Waals surface area contributed by atoms with Gasteiger partial charge in [-0.2, -0.15) is 0 Å². The van der Waals surface area contributed by atoms with Crippen LogP contribution in [0.5, 0.6) is 0 Å². The third kappa shape index (κ3) is 3.85. The Labute approximate surface area is 147 Å². The molecule has 2 N–H and O–H groups in total. The van der Waals surface area contributed by atoms with Crippen molar-refractivity contribution < 1.29 is 19.8 Å². The Hall–Kier alpha value is -2.34. The largest absolute Gasteiger partial charge is 0.478 e. The van der Waals surface area contributed by atoms with Crippen LogP contribution in [0.3, 0.4) is 0 Å². The van der Waals surface area contributed by atoms with Crippen molar-refractivity contribution in [2.75, 3.05) is 38.1 Å². The zero-order valence-electron chi connectivity index (χ0n) is 14.4. The highest BCUT2D eigenvalue weighted by atomic mass is 16.4. The fraction of sp³-hybridized carbons (Fsp3) is 0.474. The quantitative estimate of drug-likeness (QED) is 0.797. The molecule has 25 heavy (non-hydrogen) atoms. The summed E-state index contributed by atoms with van der Waals surface area (Å²) in [6.07, 6.45) is 3.75. The number of nitrogens with zero attached hydrogens (tertiary/aromatic N) is 2. The third-order valence-corrected chi connectivity index (χ3v) is 5.30. The van der Waals surface area contributed by atoms with Gasteiger partial charge in [0.15, 0.2) is 0 Å². The Balaban J connectivity index is 0.000000197. The molecule has 0 radical (unpaired) electrons. The first kappa shape index (κ1) is 17.5. The maximum Gasteiger partial charge on any atom is 0.328 e. The predicted octanol–water partition coefficient (Wildman–Crippen LogP) is 1.81. The zero-order valence-corrected chi connectivity index (χ0v) is 14.4. The highest BCUT2D eigenvalue weighted by Gasteiger charge is 2.39. The first-order valence-electron chi connectivity index (χ1n) is 8.65. The van der Waals surface area contributed by atoms with Gasteiger partial charge in [0.2, 0.25) is 0 Å². The van der Waals surface area contributed by atoms with Crippen LogP contribution < -0.4 is 4.90 Å². The molecule has 3 heterocycles. The lowest BCUT2D eigenvalue weighted by Gasteiger charge is -2.44. The van der Waals surface area contributed by atoms with Crippen molar-refractivity contribution in [1.29, 1.82) is 0 Å². The molecular formula is C19H24N2O4. The third-order valence-electron chi connectivity index (χ3n) is 5.30. The number of carbonyl (C=O) groups is 2. The molecule has 0 spiro atoms. The summed E-state index contributed by atoms with van der Waals surface area (Å²) < 4.78 is 0. The Morgan fingerprint density at radius 1 is 1.12 bits per heavy atom. The fourth-order valence-electron chi connectivity index (χ4n) is 4.21. The molecule has 1 aromatic rings. The van der Waals surface area contributed by atoms with Gasteiger partial charge in [0, 0.05) is 43.4 Å². The van der Waals surface area contributed by atoms with Crippen molar-refractivity contribution in [3.63, 3.8) is 0 Å². The van der Waals surface area contributed by atoms with Crippen LogP contribution in [0.25, 0.3) is 0 Å². The average molecular weight is 344 g/mol. The maximum absolute atomic E-state index is 9.55. The van der Waals surface area contributed by atoms with E-state index < -0.39 is 11.9 Å². The lowest BCUT2D eigenvalue weighted by Crippen LogP contribution is -2.45. The summed E-state index contributed by atoms with van der Waals surface area (Å²) in [7, 11) is 2.27. The number of carboxylic acids is 2. The van der Waals surface area contributed by atoms with E-state index in [0.29, 0.717) is 12.2 Å². The summed E-state index contributed by atoms with van der Waals surface area (Å²) in [6, 6.07) is 6.98. The number of piperidine rings is 1. The van der Waals surface area contributed by atoms with E-state index in [4.69, 9.17) is 10.2 Å². The number of hydrogen-bond donors (Lipinski definition) is 2. The van der Waals surface area contributed by atoms with E-state index in [1.165, 1.54) is 39.0 Å². The lowest BCUT2D eigenvalue weighted by atomic mass is 9.77. The number of aliphatic carboxylic acids is 2. The van der Waals surface area contributed by atoms with Gasteiger partial charge in [-0.15, -0.1) is 0 Å². The highest BCUT2D eigenvalue weighted by Crippen LogP contribution is 2.46. The number of anilines is 1. The summed E-state index contributed by atoms with van der Waals surface area (Å²) >= 11 is 0. The number of para-hydroxylation sites is 1. The number of fused-ring (bicyclic) bond motifs is 2. The molecule has 1 saturated heterocycles. The molecule has 2 atom stereocenters. The van der Waals surface area contributed by atoms with Crippen LogP contribution in [0.1, 0.15) is 23.5 Å². The van der Waals surface area contributed by atoms with E-state index in [1.54, 1.807) is 16.8 Å². The number of likely N-dealkylation sites (tertiary alicyclic amines) is 1. The van der Waals surface area contributed by atoms with Crippen LogP contribution in [-0.2, 0) is 16.0 Å². The second-order valence-electron chi connectivity index (χ2n) is 6.98. The first-order valence-corrected chi connectivity index (χ1v) is 8.65. The molecule has 0 saturated carbocycles. The number of likely N-dealkylation sites (N-methyl/N-ethyl adjacent to an activating group) is 1. The van der Waals surface area contributed by atoms with Crippen LogP contribution in [-0.4, -0.2) is 60.3 Å². The minimum Gasteiger partial charge on any atom is -0.478 e. The topological polar surface area (TPSA) is 81.1 Å². The van der Waals surface area contributed by atoms with E-state index >= 15 is 0 Å². The molecule has 1 fully saturated rings. The Morgan fingerprint density at radius 2 is 1.84 bits per heavy atom. The van der Waals surface area contributed by atoms with Crippen molar-refractivity contribution in [2.24, 2.45) is 5.92 Å². The molecule has 0 bridgehead atoms. The van der Waals surface area contributed by atoms with E-state index in [-0.39, 0.29) is 0 Å². The van der Waals surface area contributed by atoms with Crippen LogP contribution >= 0.6 is 0 Å². The van der Waals surface area contributed by atoms with Gasteiger partial charge in [-0.25, -0.2) is 9.59 Å². The summed E-state index contributed by atoms with van der Waals surface area (Å²) in [5.41, 5.74) is 4.83. The minimum atomic E-state index is -1.26. The van der Waals surface area contributed by atoms with E-state index in [1.807, 2.05) is 0 Å². The number of rotatable bonds is 2. The van der Waals surface area contributed by atoms with Crippen LogP contribution in [0.15, 0.2) is 30.4 Å². The van der Waals surface area contributed by atoms with Crippen molar-refractivity contribution in [3.8, 4) is 0 Å². The Bertz CT molecular complexity index is 685. The first-order chi connectivity index (χ1) is 12.0. The van der Waals surface area contributed by atoms with Gasteiger partial charge in [0.25, 0.3) is 0 Å². The van der Waals surface area contributed by atoms with Crippen LogP contribution in [0, 0.1) is 5.92 Å². The monoisotopic (exact) mass is 344 g/mol. The molecule has 6 nitrogen and oxygen atoms in total. The summed E-state index contributed by atoms with van der Waals surface area (Å²) in [4.78, 5) is 24.3. The van der Waals surface area contributed by atoms with Crippen molar-refractivity contribution in [2.45, 2.75) is 18.8 Å². The second kappa shape index (κ2) is 7.27. The average Bonchev–Trinajstić information content (AvgIpc) is 2.99. The summed E-state index contributed by atoms with van der Waals surface area (Å²) in [5, 5.41) is 15.6. The minimum absolute atomic E-state index is 0.558. The zero-order chi connectivity index (χ0) is 18.0. The van der Waals surface area contributed by atoms with Gasteiger partial charge in [0.05, 0.1) is 0 Å². The standard InChI is InChI=1S/C15H20N2.C4H4O4/c1-16-7-5-12-9-17-8-6-11-3-2-4-13(15(11)17)14(12)10-16;5-3(6)1-2-4(7)8/h2-4,12,14H,5-10H2,1H3;1-2H,(H,5,6)(H,7,8). The highest BCUT2D eigenvalue weighted by molar-refractivity contribution is 5.89. The van der Waals surface area contributed by atoms with E-state index in [0.717, 1.165) is 11.8 Å². The van der Waals surface area contributed by atoms with Gasteiger partial charge in [-0.05, 0) is 43.5 Å². The molecule has 1 aromatic carbocycles. The smallest absolute Gasteiger partial charge is 0.328 e. The van der Waals surface area contributed by atoms with Crippen molar-refractivity contribution in [3.05, 3.63) is 41.5 Å². The van der Waals surface area contributed by atoms with Crippen LogP contribution in [0.4, 0.5) is 5.69 Å². The molecule has 3 aliphatic rings. The van der Waals surface area contributed by atoms with Gasteiger partial charge in [-0.1, -0.05) is 18.2 Å². The Morgan fingerprint density at radius 3 is 2.52 bits per heavy atom. The molecule has 6 heteroatoms. The van der Waals surface area contributed by atoms with Gasteiger partial charge in [0.1, 0.15) is 0 Å². The molecular weight excluding hydrogens is 320 g/mol. The number of carboxylic acid groups (broad SMARTS) is 2. The fourth-order valence-corrected chi connectivity index (χ4v) is 4.21. The molecule has 0 aromatic heterocycles. The lowest BCUT2D eigenvalue weighted by molar-refractivity contribution is -0.134. The number of hydrogen-bond acceptors (Lipinski definition) is 4. The Kier molecular flexibility index (Phi) is 5.08. The maximum atomic E-state index is 9.55. The molecule has 4 rings (SSSR count). The molecule has 0 aliphatic carbocycles. The molecule has 3 aliphatic heterocycles. The van der Waals surface area contributed by atoms with Gasteiger partial charge >= 0.3 is 11.9 Å². The predicted molar refractivity (Wildman–Crippen MR) is 95.1 cm³/mol. The SMILES string of the molecule is CN1CCC2CN3CCc4cccc(c43)C2C1.O=C(O)C=CC(=O)O. The van der Waals surface area contributed by atoms with Crippen molar-refractivity contribution in [1.82, 2.24) is 4.90 Å². The molecule has 0 amide bonds. The van der Waals surface area contributed by atoms with Gasteiger partial charge in [-0.3, -0.25) is 0 Å². The van der Waals surface area contributed by atoms with Crippen molar-refractivity contribution >= 4 is 17.6 Å². The molecule has 134 valence electrons. The van der Waals surface area contributed by atoms with E-state index in [9.17, 15) is 9.59 Å². The van der Waals surface area contributed by atoms with Gasteiger partial charge < -0.3 is 20.0 Å². The van der Waals surface area contributed by atoms with Crippen LogP contribution in [0.2, 0.25) is 0 Å². The summed E-state index contributed by atoms with van der Waals surface area (Å²) in [6.45, 7) is 5.10. The second-order valence-corrected chi connectivity index (χ2v) is 6.98. The number of benzene rings is 1. The normalized spacial score (nSPS) is 24.3.